The SMILES string of the molecule is COc1ccc(NC(=O)[C@@H](C)OC(=O)C(C)(C)c2ccccc2)c([N+](=O)[O-])c1. The highest BCUT2D eigenvalue weighted by Gasteiger charge is 2.34. The molecular formula is C20H22N2O6. The third kappa shape index (κ3) is 4.64. The molecule has 0 aliphatic carbocycles. The van der Waals surface area contributed by atoms with E-state index in [0.717, 1.165) is 5.56 Å². The molecule has 8 heteroatoms. The number of nitrogens with zero attached hydrogens (tertiary/aromatic N) is 1. The molecule has 0 unspecified atom stereocenters. The Kier molecular flexibility index (Phi) is 6.35. The van der Waals surface area contributed by atoms with Gasteiger partial charge in [0.15, 0.2) is 6.10 Å². The van der Waals surface area contributed by atoms with Gasteiger partial charge in [-0.1, -0.05) is 30.3 Å². The van der Waals surface area contributed by atoms with Gasteiger partial charge in [0.2, 0.25) is 0 Å². The monoisotopic (exact) mass is 386 g/mol. The van der Waals surface area contributed by atoms with E-state index in [1.54, 1.807) is 26.0 Å². The van der Waals surface area contributed by atoms with Crippen molar-refractivity contribution >= 4 is 23.3 Å². The topological polar surface area (TPSA) is 108 Å². The number of carbonyl (C=O) groups is 2. The molecule has 0 radical (unpaired) electrons. The third-order valence-corrected chi connectivity index (χ3v) is 4.32. The minimum Gasteiger partial charge on any atom is -0.496 e. The summed E-state index contributed by atoms with van der Waals surface area (Å²) in [4.78, 5) is 35.6. The molecule has 2 rings (SSSR count). The molecule has 0 aliphatic rings. The molecule has 2 aromatic rings. The number of hydrogen-bond donors (Lipinski definition) is 1. The molecule has 1 atom stereocenters. The van der Waals surface area contributed by atoms with E-state index in [1.165, 1.54) is 32.2 Å². The van der Waals surface area contributed by atoms with Gasteiger partial charge in [-0.25, -0.2) is 0 Å². The zero-order chi connectivity index (χ0) is 20.9. The Hall–Kier alpha value is -3.42. The standard InChI is InChI=1S/C20H22N2O6/c1-13(28-19(24)20(2,3)14-8-6-5-7-9-14)18(23)21-16-11-10-15(27-4)12-17(16)22(25)26/h5-13H,1-4H3,(H,21,23)/t13-/m1/s1. The summed E-state index contributed by atoms with van der Waals surface area (Å²) in [5.74, 6) is -0.968. The van der Waals surface area contributed by atoms with Gasteiger partial charge in [-0.3, -0.25) is 19.7 Å². The zero-order valence-corrected chi connectivity index (χ0v) is 16.1. The number of esters is 1. The highest BCUT2D eigenvalue weighted by atomic mass is 16.6. The molecule has 0 aliphatic heterocycles. The first-order chi connectivity index (χ1) is 13.2. The summed E-state index contributed by atoms with van der Waals surface area (Å²) in [7, 11) is 1.38. The van der Waals surface area contributed by atoms with E-state index in [4.69, 9.17) is 9.47 Å². The number of carbonyl (C=O) groups excluding carboxylic acids is 2. The third-order valence-electron chi connectivity index (χ3n) is 4.32. The number of amides is 1. The molecule has 1 N–H and O–H groups in total. The first-order valence-corrected chi connectivity index (χ1v) is 8.56. The van der Waals surface area contributed by atoms with Crippen LogP contribution in [0.1, 0.15) is 26.3 Å². The molecule has 0 bridgehead atoms. The van der Waals surface area contributed by atoms with E-state index < -0.39 is 28.3 Å². The average molecular weight is 386 g/mol. The van der Waals surface area contributed by atoms with E-state index in [-0.39, 0.29) is 17.1 Å². The van der Waals surface area contributed by atoms with Gasteiger partial charge in [0.25, 0.3) is 11.6 Å². The Morgan fingerprint density at radius 1 is 1.14 bits per heavy atom. The molecule has 0 fully saturated rings. The molecule has 0 heterocycles. The van der Waals surface area contributed by atoms with Crippen molar-refractivity contribution in [2.45, 2.75) is 32.3 Å². The van der Waals surface area contributed by atoms with E-state index in [2.05, 4.69) is 5.32 Å². The Balaban J connectivity index is 2.11. The van der Waals surface area contributed by atoms with Crippen LogP contribution in [0, 0.1) is 10.1 Å². The van der Waals surface area contributed by atoms with Crippen LogP contribution in [0.25, 0.3) is 0 Å². The maximum absolute atomic E-state index is 12.6. The van der Waals surface area contributed by atoms with E-state index >= 15 is 0 Å². The summed E-state index contributed by atoms with van der Waals surface area (Å²) in [6.45, 7) is 4.80. The Labute approximate surface area is 162 Å². The number of benzene rings is 2. The minimum absolute atomic E-state index is 0.0129. The van der Waals surface area contributed by atoms with Crippen LogP contribution in [0.2, 0.25) is 0 Å². The second kappa shape index (κ2) is 8.51. The van der Waals surface area contributed by atoms with Crippen molar-refractivity contribution in [2.24, 2.45) is 0 Å². The van der Waals surface area contributed by atoms with Crippen molar-refractivity contribution in [3.05, 3.63) is 64.2 Å². The number of rotatable bonds is 7. The van der Waals surface area contributed by atoms with Crippen molar-refractivity contribution in [1.29, 1.82) is 0 Å². The average Bonchev–Trinajstić information content (AvgIpc) is 2.68. The Morgan fingerprint density at radius 2 is 1.79 bits per heavy atom. The van der Waals surface area contributed by atoms with Crippen molar-refractivity contribution < 1.29 is 24.0 Å². The molecule has 8 nitrogen and oxygen atoms in total. The molecule has 2 aromatic carbocycles. The fourth-order valence-corrected chi connectivity index (χ4v) is 2.46. The van der Waals surface area contributed by atoms with Crippen molar-refractivity contribution in [3.8, 4) is 5.75 Å². The first-order valence-electron chi connectivity index (χ1n) is 8.56. The van der Waals surface area contributed by atoms with Crippen LogP contribution in [0.3, 0.4) is 0 Å². The number of nitro benzene ring substituents is 1. The highest BCUT2D eigenvalue weighted by Crippen LogP contribution is 2.29. The van der Waals surface area contributed by atoms with Gasteiger partial charge in [0, 0.05) is 0 Å². The Bertz CT molecular complexity index is 880. The van der Waals surface area contributed by atoms with Gasteiger partial charge in [0.05, 0.1) is 23.5 Å². The molecule has 0 saturated heterocycles. The largest absolute Gasteiger partial charge is 0.496 e. The number of hydrogen-bond acceptors (Lipinski definition) is 6. The molecule has 148 valence electrons. The maximum atomic E-state index is 12.6. The lowest BCUT2D eigenvalue weighted by molar-refractivity contribution is -0.384. The predicted molar refractivity (Wildman–Crippen MR) is 103 cm³/mol. The zero-order valence-electron chi connectivity index (χ0n) is 16.1. The van der Waals surface area contributed by atoms with E-state index in [9.17, 15) is 19.7 Å². The fourth-order valence-electron chi connectivity index (χ4n) is 2.46. The maximum Gasteiger partial charge on any atom is 0.316 e. The van der Waals surface area contributed by atoms with Crippen LogP contribution in [0.15, 0.2) is 48.5 Å². The molecule has 1 amide bonds. The van der Waals surface area contributed by atoms with Crippen LogP contribution in [0.5, 0.6) is 5.75 Å². The van der Waals surface area contributed by atoms with E-state index in [0.29, 0.717) is 0 Å². The van der Waals surface area contributed by atoms with Gasteiger partial charge < -0.3 is 14.8 Å². The summed E-state index contributed by atoms with van der Waals surface area (Å²) in [5, 5.41) is 13.6. The lowest BCUT2D eigenvalue weighted by atomic mass is 9.85. The van der Waals surface area contributed by atoms with Gasteiger partial charge >= 0.3 is 5.97 Å². The van der Waals surface area contributed by atoms with E-state index in [1.807, 2.05) is 18.2 Å². The second-order valence-electron chi connectivity index (χ2n) is 6.67. The van der Waals surface area contributed by atoms with Gasteiger partial charge in [-0.2, -0.15) is 0 Å². The number of anilines is 1. The Morgan fingerprint density at radius 3 is 2.36 bits per heavy atom. The molecule has 28 heavy (non-hydrogen) atoms. The predicted octanol–water partition coefficient (Wildman–Crippen LogP) is 3.45. The van der Waals surface area contributed by atoms with Crippen LogP contribution in [-0.2, 0) is 19.7 Å². The second-order valence-corrected chi connectivity index (χ2v) is 6.67. The van der Waals surface area contributed by atoms with Gasteiger partial charge in [-0.05, 0) is 38.5 Å². The number of methoxy groups -OCH3 is 1. The van der Waals surface area contributed by atoms with Crippen molar-refractivity contribution in [1.82, 2.24) is 0 Å². The molecule has 0 saturated carbocycles. The van der Waals surface area contributed by atoms with Crippen LogP contribution in [0.4, 0.5) is 11.4 Å². The van der Waals surface area contributed by atoms with Crippen LogP contribution in [-0.4, -0.2) is 30.0 Å². The van der Waals surface area contributed by atoms with Gasteiger partial charge in [0.1, 0.15) is 11.4 Å². The normalized spacial score (nSPS) is 12.0. The number of nitro groups is 1. The quantitative estimate of drug-likeness (QED) is 0.444. The first kappa shape index (κ1) is 20.9. The lowest BCUT2D eigenvalue weighted by Gasteiger charge is -2.25. The van der Waals surface area contributed by atoms with Crippen molar-refractivity contribution in [2.75, 3.05) is 12.4 Å². The lowest BCUT2D eigenvalue weighted by Crippen LogP contribution is -2.37. The van der Waals surface area contributed by atoms with Crippen molar-refractivity contribution in [3.63, 3.8) is 0 Å². The summed E-state index contributed by atoms with van der Waals surface area (Å²) >= 11 is 0. The summed E-state index contributed by atoms with van der Waals surface area (Å²) in [5.41, 5.74) is -0.544. The van der Waals surface area contributed by atoms with Gasteiger partial charge in [-0.15, -0.1) is 0 Å². The summed E-state index contributed by atoms with van der Waals surface area (Å²) in [6, 6.07) is 13.1. The molecular weight excluding hydrogens is 364 g/mol. The molecule has 0 spiro atoms. The number of ether oxygens (including phenoxy) is 2. The van der Waals surface area contributed by atoms with Crippen LogP contribution < -0.4 is 10.1 Å². The minimum atomic E-state index is -1.14. The summed E-state index contributed by atoms with van der Waals surface area (Å²) < 4.78 is 10.3. The van der Waals surface area contributed by atoms with Crippen LogP contribution >= 0.6 is 0 Å². The highest BCUT2D eigenvalue weighted by molar-refractivity contribution is 5.97. The smallest absolute Gasteiger partial charge is 0.316 e. The summed E-state index contributed by atoms with van der Waals surface area (Å²) in [6.07, 6.45) is -1.14. The fraction of sp³-hybridized carbons (Fsp3) is 0.300. The number of nitrogens with one attached hydrogen (secondary N) is 1. The molecule has 0 aromatic heterocycles.